The van der Waals surface area contributed by atoms with Gasteiger partial charge in [0.05, 0.1) is 18.3 Å². The minimum Gasteiger partial charge on any atom is -0.393 e. The number of nitrogens with one attached hydrogen (secondary N) is 1. The Morgan fingerprint density at radius 2 is 1.94 bits per heavy atom. The first-order valence-corrected chi connectivity index (χ1v) is 7.25. The van der Waals surface area contributed by atoms with Crippen LogP contribution in [0, 0.1) is 5.92 Å². The van der Waals surface area contributed by atoms with Crippen molar-refractivity contribution in [3.05, 3.63) is 0 Å². The smallest absolute Gasteiger partial charge is 0.241 e. The lowest BCUT2D eigenvalue weighted by molar-refractivity contribution is -0.133. The molecule has 1 saturated heterocycles. The molecule has 104 valence electrons. The first kappa shape index (κ1) is 13.8. The highest BCUT2D eigenvalue weighted by Gasteiger charge is 2.41. The van der Waals surface area contributed by atoms with Crippen molar-refractivity contribution in [3.63, 3.8) is 0 Å². The van der Waals surface area contributed by atoms with E-state index in [1.807, 2.05) is 4.90 Å². The summed E-state index contributed by atoms with van der Waals surface area (Å²) in [7, 11) is 0. The van der Waals surface area contributed by atoms with Crippen LogP contribution in [-0.2, 0) is 4.79 Å². The highest BCUT2D eigenvalue weighted by atomic mass is 16.3. The van der Waals surface area contributed by atoms with E-state index in [-0.39, 0.29) is 24.2 Å². The normalized spacial score (nSPS) is 37.6. The van der Waals surface area contributed by atoms with E-state index in [9.17, 15) is 9.90 Å². The first-order valence-electron chi connectivity index (χ1n) is 7.25. The largest absolute Gasteiger partial charge is 0.393 e. The third-order valence-corrected chi connectivity index (χ3v) is 4.18. The average Bonchev–Trinajstić information content (AvgIpc) is 2.55. The van der Waals surface area contributed by atoms with E-state index in [0.717, 1.165) is 32.1 Å². The van der Waals surface area contributed by atoms with Crippen LogP contribution in [0.4, 0.5) is 0 Å². The van der Waals surface area contributed by atoms with Crippen LogP contribution < -0.4 is 5.32 Å². The van der Waals surface area contributed by atoms with Crippen LogP contribution >= 0.6 is 0 Å². The van der Waals surface area contributed by atoms with Crippen molar-refractivity contribution in [2.45, 2.75) is 77.2 Å². The highest BCUT2D eigenvalue weighted by Crippen LogP contribution is 2.28. The molecule has 18 heavy (non-hydrogen) atoms. The fraction of sp³-hybridized carbons (Fsp3) is 0.929. The molecule has 2 N–H and O–H groups in total. The zero-order valence-corrected chi connectivity index (χ0v) is 11.7. The maximum absolute atomic E-state index is 12.4. The van der Waals surface area contributed by atoms with E-state index in [4.69, 9.17) is 0 Å². The highest BCUT2D eigenvalue weighted by molar-refractivity contribution is 5.84. The minimum atomic E-state index is -0.159. The maximum atomic E-state index is 12.4. The second-order valence-electron chi connectivity index (χ2n) is 6.23. The van der Waals surface area contributed by atoms with Gasteiger partial charge in [0.15, 0.2) is 0 Å². The minimum absolute atomic E-state index is 0.00755. The third-order valence-electron chi connectivity index (χ3n) is 4.18. The molecule has 2 unspecified atom stereocenters. The van der Waals surface area contributed by atoms with Crippen LogP contribution in [0.5, 0.6) is 0 Å². The first-order chi connectivity index (χ1) is 8.49. The molecule has 1 heterocycles. The molecule has 0 aromatic carbocycles. The molecule has 0 aromatic heterocycles. The summed E-state index contributed by atoms with van der Waals surface area (Å²) in [6.07, 6.45) is 4.43. The molecule has 2 aliphatic rings. The summed E-state index contributed by atoms with van der Waals surface area (Å²) < 4.78 is 0. The number of carbonyl (C=O) groups is 1. The van der Waals surface area contributed by atoms with Crippen molar-refractivity contribution in [2.75, 3.05) is 0 Å². The van der Waals surface area contributed by atoms with Gasteiger partial charge in [-0.25, -0.2) is 0 Å². The molecular formula is C14H26N2O2. The number of hydrogen-bond acceptors (Lipinski definition) is 3. The van der Waals surface area contributed by atoms with Crippen LogP contribution in [0.1, 0.15) is 52.9 Å². The Hall–Kier alpha value is -0.610. The Morgan fingerprint density at radius 1 is 1.33 bits per heavy atom. The Bertz CT molecular complexity index is 298. The topological polar surface area (TPSA) is 52.6 Å². The van der Waals surface area contributed by atoms with Crippen molar-refractivity contribution in [3.8, 4) is 0 Å². The number of aliphatic hydroxyl groups excluding tert-OH is 1. The molecule has 4 heteroatoms. The number of aliphatic hydroxyl groups is 1. The van der Waals surface area contributed by atoms with Gasteiger partial charge in [-0.3, -0.25) is 10.1 Å². The Balaban J connectivity index is 1.98. The van der Waals surface area contributed by atoms with Crippen LogP contribution in [0.25, 0.3) is 0 Å². The Labute approximate surface area is 110 Å². The maximum Gasteiger partial charge on any atom is 0.241 e. The zero-order chi connectivity index (χ0) is 13.3. The summed E-state index contributed by atoms with van der Waals surface area (Å²) in [4.78, 5) is 14.5. The van der Waals surface area contributed by atoms with E-state index in [2.05, 4.69) is 26.1 Å². The molecule has 1 saturated carbocycles. The Kier molecular flexibility index (Phi) is 4.28. The second-order valence-corrected chi connectivity index (χ2v) is 6.23. The lowest BCUT2D eigenvalue weighted by atomic mass is 9.91. The summed E-state index contributed by atoms with van der Waals surface area (Å²) in [6.45, 7) is 6.38. The quantitative estimate of drug-likeness (QED) is 0.802. The fourth-order valence-corrected chi connectivity index (χ4v) is 3.29. The monoisotopic (exact) mass is 254 g/mol. The fourth-order valence-electron chi connectivity index (χ4n) is 3.29. The van der Waals surface area contributed by atoms with Gasteiger partial charge in [0.1, 0.15) is 0 Å². The van der Waals surface area contributed by atoms with Crippen molar-refractivity contribution in [1.29, 1.82) is 0 Å². The van der Waals surface area contributed by atoms with Crippen molar-refractivity contribution in [2.24, 2.45) is 5.92 Å². The average molecular weight is 254 g/mol. The number of nitrogens with zero attached hydrogens (tertiary/aromatic N) is 1. The molecular weight excluding hydrogens is 228 g/mol. The molecule has 1 amide bonds. The summed E-state index contributed by atoms with van der Waals surface area (Å²) in [6, 6.07) is 0.312. The SMILES string of the molecule is CC(C)CC1NC(C)N(C2CCC(O)CC2)C1=O. The lowest BCUT2D eigenvalue weighted by Crippen LogP contribution is -2.45. The third kappa shape index (κ3) is 2.86. The lowest BCUT2D eigenvalue weighted by Gasteiger charge is -2.35. The van der Waals surface area contributed by atoms with Gasteiger partial charge in [-0.2, -0.15) is 0 Å². The molecule has 0 aromatic rings. The summed E-state index contributed by atoms with van der Waals surface area (Å²) in [5, 5.41) is 13.0. The van der Waals surface area contributed by atoms with Gasteiger partial charge in [0, 0.05) is 6.04 Å². The zero-order valence-electron chi connectivity index (χ0n) is 11.7. The predicted molar refractivity (Wildman–Crippen MR) is 70.9 cm³/mol. The van der Waals surface area contributed by atoms with E-state index in [0.29, 0.717) is 12.0 Å². The second kappa shape index (κ2) is 5.57. The van der Waals surface area contributed by atoms with Gasteiger partial charge in [0.2, 0.25) is 5.91 Å². The number of amides is 1. The molecule has 2 fully saturated rings. The molecule has 0 spiro atoms. The summed E-state index contributed by atoms with van der Waals surface area (Å²) in [5.41, 5.74) is 0. The number of hydrogen-bond donors (Lipinski definition) is 2. The van der Waals surface area contributed by atoms with Crippen LogP contribution in [0.2, 0.25) is 0 Å². The van der Waals surface area contributed by atoms with Gasteiger partial charge >= 0.3 is 0 Å². The molecule has 2 atom stereocenters. The van der Waals surface area contributed by atoms with Gasteiger partial charge in [-0.1, -0.05) is 13.8 Å². The van der Waals surface area contributed by atoms with E-state index >= 15 is 0 Å². The van der Waals surface area contributed by atoms with Crippen molar-refractivity contribution >= 4 is 5.91 Å². The number of carbonyl (C=O) groups excluding carboxylic acids is 1. The molecule has 1 aliphatic heterocycles. The van der Waals surface area contributed by atoms with E-state index in [1.165, 1.54) is 0 Å². The molecule has 0 bridgehead atoms. The molecule has 1 aliphatic carbocycles. The predicted octanol–water partition coefficient (Wildman–Crippen LogP) is 1.48. The Morgan fingerprint density at radius 3 is 2.50 bits per heavy atom. The molecule has 4 nitrogen and oxygen atoms in total. The van der Waals surface area contributed by atoms with Gasteiger partial charge in [-0.15, -0.1) is 0 Å². The van der Waals surface area contributed by atoms with Gasteiger partial charge < -0.3 is 10.0 Å². The summed E-state index contributed by atoms with van der Waals surface area (Å²) >= 11 is 0. The van der Waals surface area contributed by atoms with Gasteiger partial charge in [-0.05, 0) is 44.9 Å². The van der Waals surface area contributed by atoms with Gasteiger partial charge in [0.25, 0.3) is 0 Å². The number of rotatable bonds is 3. The standard InChI is InChI=1S/C14H26N2O2/c1-9(2)8-13-14(18)16(10(3)15-13)11-4-6-12(17)7-5-11/h9-13,15,17H,4-8H2,1-3H3. The van der Waals surface area contributed by atoms with Crippen LogP contribution in [-0.4, -0.2) is 40.3 Å². The molecule has 0 radical (unpaired) electrons. The van der Waals surface area contributed by atoms with Crippen LogP contribution in [0.3, 0.4) is 0 Å². The van der Waals surface area contributed by atoms with Crippen molar-refractivity contribution < 1.29 is 9.90 Å². The van der Waals surface area contributed by atoms with Crippen LogP contribution in [0.15, 0.2) is 0 Å². The van der Waals surface area contributed by atoms with E-state index in [1.54, 1.807) is 0 Å². The molecule has 2 rings (SSSR count). The van der Waals surface area contributed by atoms with Crippen molar-refractivity contribution in [1.82, 2.24) is 10.2 Å². The summed E-state index contributed by atoms with van der Waals surface area (Å²) in [5.74, 6) is 0.796. The van der Waals surface area contributed by atoms with E-state index < -0.39 is 0 Å².